The molecule has 0 unspecified atom stereocenters. The largest absolute Gasteiger partial charge is 0.303 e. The molecule has 0 atom stereocenters. The zero-order valence-corrected chi connectivity index (χ0v) is 9.00. The Bertz CT molecular complexity index is 479. The molecule has 0 aliphatic rings. The number of nitrogens with zero attached hydrogens (tertiary/aromatic N) is 2. The molecule has 0 aliphatic heterocycles. The van der Waals surface area contributed by atoms with Gasteiger partial charge in [0.15, 0.2) is 0 Å². The lowest BCUT2D eigenvalue weighted by atomic mass is 10.2. The van der Waals surface area contributed by atoms with Gasteiger partial charge in [-0.25, -0.2) is 9.37 Å². The summed E-state index contributed by atoms with van der Waals surface area (Å²) in [6.45, 7) is 1.73. The molecule has 15 heavy (non-hydrogen) atoms. The minimum Gasteiger partial charge on any atom is -0.303 e. The number of benzene rings is 1. The molecule has 0 amide bonds. The van der Waals surface area contributed by atoms with Crippen molar-refractivity contribution < 1.29 is 4.39 Å². The lowest BCUT2D eigenvalue weighted by molar-refractivity contribution is 0.609. The first-order chi connectivity index (χ1) is 7.22. The van der Waals surface area contributed by atoms with Crippen molar-refractivity contribution in [2.45, 2.75) is 12.8 Å². The molecule has 2 nitrogen and oxygen atoms in total. The number of imidazole rings is 1. The van der Waals surface area contributed by atoms with Gasteiger partial charge in [-0.1, -0.05) is 12.1 Å². The Morgan fingerprint density at radius 3 is 2.93 bits per heavy atom. The van der Waals surface area contributed by atoms with E-state index in [4.69, 9.17) is 11.6 Å². The standard InChI is InChI=1S/C11H10ClFN2/c1-8-3-2-4-10(11(8)13)15-6-9(5-12)14-7-15/h2-4,6-7H,5H2,1H3. The van der Waals surface area contributed by atoms with E-state index in [0.29, 0.717) is 17.1 Å². The molecule has 0 aliphatic carbocycles. The molecule has 0 N–H and O–H groups in total. The van der Waals surface area contributed by atoms with Gasteiger partial charge in [0.05, 0.1) is 23.6 Å². The summed E-state index contributed by atoms with van der Waals surface area (Å²) in [6, 6.07) is 5.26. The van der Waals surface area contributed by atoms with E-state index in [2.05, 4.69) is 4.98 Å². The second kappa shape index (κ2) is 4.03. The van der Waals surface area contributed by atoms with E-state index >= 15 is 0 Å². The highest BCUT2D eigenvalue weighted by Crippen LogP contribution is 2.17. The predicted octanol–water partition coefficient (Wildman–Crippen LogP) is 3.06. The maximum atomic E-state index is 13.7. The number of rotatable bonds is 2. The maximum absolute atomic E-state index is 13.7. The molecule has 0 saturated heterocycles. The van der Waals surface area contributed by atoms with Gasteiger partial charge >= 0.3 is 0 Å². The van der Waals surface area contributed by atoms with Crippen molar-refractivity contribution in [3.8, 4) is 5.69 Å². The van der Waals surface area contributed by atoms with Crippen LogP contribution in [0, 0.1) is 12.7 Å². The van der Waals surface area contributed by atoms with Crippen LogP contribution in [0.15, 0.2) is 30.7 Å². The van der Waals surface area contributed by atoms with E-state index in [0.717, 1.165) is 5.69 Å². The molecule has 1 aromatic carbocycles. The summed E-state index contributed by atoms with van der Waals surface area (Å²) < 4.78 is 15.4. The Balaban J connectivity index is 2.49. The summed E-state index contributed by atoms with van der Waals surface area (Å²) in [5.74, 6) is 0.108. The van der Waals surface area contributed by atoms with Gasteiger partial charge in [0.1, 0.15) is 5.82 Å². The molecule has 2 aromatic rings. The van der Waals surface area contributed by atoms with Crippen molar-refractivity contribution in [3.63, 3.8) is 0 Å². The van der Waals surface area contributed by atoms with Crippen molar-refractivity contribution in [1.29, 1.82) is 0 Å². The minimum atomic E-state index is -0.226. The van der Waals surface area contributed by atoms with Crippen LogP contribution in [-0.2, 0) is 5.88 Å². The van der Waals surface area contributed by atoms with Crippen molar-refractivity contribution in [1.82, 2.24) is 9.55 Å². The van der Waals surface area contributed by atoms with E-state index in [-0.39, 0.29) is 5.82 Å². The smallest absolute Gasteiger partial charge is 0.150 e. The fourth-order valence-corrected chi connectivity index (χ4v) is 1.53. The quantitative estimate of drug-likeness (QED) is 0.717. The second-order valence-corrected chi connectivity index (χ2v) is 3.58. The first kappa shape index (κ1) is 10.2. The van der Waals surface area contributed by atoms with E-state index in [9.17, 15) is 4.39 Å². The highest BCUT2D eigenvalue weighted by Gasteiger charge is 2.07. The molecule has 0 radical (unpaired) electrons. The van der Waals surface area contributed by atoms with Gasteiger partial charge in [-0.15, -0.1) is 11.6 Å². The average Bonchev–Trinajstić information content (AvgIpc) is 2.70. The summed E-state index contributed by atoms with van der Waals surface area (Å²) in [4.78, 5) is 4.05. The third-order valence-corrected chi connectivity index (χ3v) is 2.50. The molecule has 0 bridgehead atoms. The van der Waals surface area contributed by atoms with Gasteiger partial charge in [-0.3, -0.25) is 0 Å². The van der Waals surface area contributed by atoms with E-state index in [1.165, 1.54) is 0 Å². The zero-order chi connectivity index (χ0) is 10.8. The number of halogens is 2. The molecular weight excluding hydrogens is 215 g/mol. The monoisotopic (exact) mass is 224 g/mol. The molecule has 0 saturated carbocycles. The van der Waals surface area contributed by atoms with Crippen LogP contribution in [0.2, 0.25) is 0 Å². The number of hydrogen-bond donors (Lipinski definition) is 0. The van der Waals surface area contributed by atoms with Gasteiger partial charge in [0.2, 0.25) is 0 Å². The average molecular weight is 225 g/mol. The van der Waals surface area contributed by atoms with Crippen LogP contribution in [0.25, 0.3) is 5.69 Å². The van der Waals surface area contributed by atoms with Crippen LogP contribution >= 0.6 is 11.6 Å². The Morgan fingerprint density at radius 1 is 1.47 bits per heavy atom. The summed E-state index contributed by atoms with van der Waals surface area (Å²) in [5, 5.41) is 0. The Labute approximate surface area is 92.3 Å². The SMILES string of the molecule is Cc1cccc(-n2cnc(CCl)c2)c1F. The number of aryl methyl sites for hydroxylation is 1. The van der Waals surface area contributed by atoms with Crippen molar-refractivity contribution in [2.75, 3.05) is 0 Å². The van der Waals surface area contributed by atoms with Crippen molar-refractivity contribution >= 4 is 11.6 Å². The summed E-state index contributed by atoms with van der Waals surface area (Å²) in [6.07, 6.45) is 3.29. The molecule has 2 rings (SSSR count). The molecule has 78 valence electrons. The molecular formula is C11H10ClFN2. The molecule has 0 fully saturated rings. The molecule has 4 heteroatoms. The maximum Gasteiger partial charge on any atom is 0.150 e. The Kier molecular flexibility index (Phi) is 2.73. The molecule has 0 spiro atoms. The topological polar surface area (TPSA) is 17.8 Å². The fraction of sp³-hybridized carbons (Fsp3) is 0.182. The fourth-order valence-electron chi connectivity index (χ4n) is 1.40. The van der Waals surface area contributed by atoms with Crippen molar-refractivity contribution in [2.24, 2.45) is 0 Å². The van der Waals surface area contributed by atoms with E-state index in [1.807, 2.05) is 6.07 Å². The third-order valence-electron chi connectivity index (χ3n) is 2.22. The van der Waals surface area contributed by atoms with Gasteiger partial charge in [-0.2, -0.15) is 0 Å². The highest BCUT2D eigenvalue weighted by molar-refractivity contribution is 6.16. The number of alkyl halides is 1. The molecule has 1 aromatic heterocycles. The van der Waals surface area contributed by atoms with Crippen LogP contribution in [0.3, 0.4) is 0 Å². The van der Waals surface area contributed by atoms with Crippen molar-refractivity contribution in [3.05, 3.63) is 47.8 Å². The second-order valence-electron chi connectivity index (χ2n) is 3.31. The lowest BCUT2D eigenvalue weighted by Crippen LogP contribution is -1.96. The summed E-state index contributed by atoms with van der Waals surface area (Å²) >= 11 is 5.63. The first-order valence-electron chi connectivity index (χ1n) is 4.56. The predicted molar refractivity (Wildman–Crippen MR) is 57.8 cm³/mol. The van der Waals surface area contributed by atoms with Gasteiger partial charge in [0, 0.05) is 6.20 Å². The highest BCUT2D eigenvalue weighted by atomic mass is 35.5. The van der Waals surface area contributed by atoms with Crippen LogP contribution in [0.1, 0.15) is 11.3 Å². The Hall–Kier alpha value is -1.35. The van der Waals surface area contributed by atoms with Crippen LogP contribution in [-0.4, -0.2) is 9.55 Å². The Morgan fingerprint density at radius 2 is 2.27 bits per heavy atom. The summed E-state index contributed by atoms with van der Waals surface area (Å²) in [5.41, 5.74) is 1.85. The zero-order valence-electron chi connectivity index (χ0n) is 8.24. The van der Waals surface area contributed by atoms with Gasteiger partial charge in [-0.05, 0) is 18.6 Å². The van der Waals surface area contributed by atoms with E-state index in [1.54, 1.807) is 36.1 Å². The first-order valence-corrected chi connectivity index (χ1v) is 5.10. The number of hydrogen-bond acceptors (Lipinski definition) is 1. The lowest BCUT2D eigenvalue weighted by Gasteiger charge is -2.05. The number of aromatic nitrogens is 2. The van der Waals surface area contributed by atoms with Gasteiger partial charge in [0.25, 0.3) is 0 Å². The van der Waals surface area contributed by atoms with Gasteiger partial charge < -0.3 is 4.57 Å². The minimum absolute atomic E-state index is 0.226. The van der Waals surface area contributed by atoms with Crippen LogP contribution in [0.4, 0.5) is 4.39 Å². The van der Waals surface area contributed by atoms with Crippen LogP contribution < -0.4 is 0 Å². The van der Waals surface area contributed by atoms with E-state index < -0.39 is 0 Å². The third kappa shape index (κ3) is 1.88. The van der Waals surface area contributed by atoms with Crippen LogP contribution in [0.5, 0.6) is 0 Å². The summed E-state index contributed by atoms with van der Waals surface area (Å²) in [7, 11) is 0. The molecule has 1 heterocycles. The normalized spacial score (nSPS) is 10.6.